The molecule has 1 atom stereocenters. The molecule has 8 heteroatoms. The molecule has 1 N–H and O–H groups in total. The van der Waals surface area contributed by atoms with Crippen molar-refractivity contribution in [3.63, 3.8) is 0 Å². The lowest BCUT2D eigenvalue weighted by Crippen LogP contribution is -2.37. The van der Waals surface area contributed by atoms with E-state index >= 15 is 0 Å². The van der Waals surface area contributed by atoms with Crippen LogP contribution < -0.4 is 5.56 Å². The molecule has 26 heavy (non-hydrogen) atoms. The highest BCUT2D eigenvalue weighted by Gasteiger charge is 2.34. The van der Waals surface area contributed by atoms with Crippen LogP contribution in [0.3, 0.4) is 0 Å². The molecular formula is C18H22N4O4. The predicted molar refractivity (Wildman–Crippen MR) is 95.6 cm³/mol. The minimum absolute atomic E-state index is 0.137. The Kier molecular flexibility index (Phi) is 4.45. The van der Waals surface area contributed by atoms with Crippen LogP contribution >= 0.6 is 0 Å². The van der Waals surface area contributed by atoms with E-state index in [0.29, 0.717) is 5.69 Å². The Labute approximate surface area is 151 Å². The van der Waals surface area contributed by atoms with Crippen LogP contribution in [-0.2, 0) is 16.5 Å². The van der Waals surface area contributed by atoms with Crippen molar-refractivity contribution in [2.75, 3.05) is 0 Å². The van der Waals surface area contributed by atoms with Gasteiger partial charge in [0, 0.05) is 20.9 Å². The molecule has 1 aliphatic rings. The minimum Gasteiger partial charge on any atom is -0.479 e. The van der Waals surface area contributed by atoms with Crippen LogP contribution in [0.2, 0.25) is 0 Å². The molecule has 0 radical (unpaired) electrons. The third-order valence-electron chi connectivity index (χ3n) is 4.19. The Bertz CT molecular complexity index is 938. The van der Waals surface area contributed by atoms with E-state index in [1.165, 1.54) is 4.68 Å². The molecule has 1 aliphatic heterocycles. The van der Waals surface area contributed by atoms with E-state index in [1.54, 1.807) is 39.4 Å². The van der Waals surface area contributed by atoms with Gasteiger partial charge in [0.15, 0.2) is 11.4 Å². The molecule has 1 unspecified atom stereocenters. The van der Waals surface area contributed by atoms with E-state index in [-0.39, 0.29) is 22.9 Å². The number of azo groups is 1. The zero-order chi connectivity index (χ0) is 19.1. The molecule has 2 heterocycles. The first kappa shape index (κ1) is 17.9. The molecule has 3 rings (SSSR count). The first-order valence-corrected chi connectivity index (χ1v) is 8.27. The van der Waals surface area contributed by atoms with Gasteiger partial charge in [0.1, 0.15) is 6.10 Å². The Hall–Kier alpha value is -2.87. The quantitative estimate of drug-likeness (QED) is 0.851. The number of para-hydroxylation sites is 1. The Morgan fingerprint density at radius 2 is 1.85 bits per heavy atom. The monoisotopic (exact) mass is 358 g/mol. The molecule has 0 aliphatic carbocycles. The molecule has 0 saturated heterocycles. The lowest BCUT2D eigenvalue weighted by atomic mass is 10.2. The van der Waals surface area contributed by atoms with E-state index in [0.717, 1.165) is 5.69 Å². The van der Waals surface area contributed by atoms with Crippen molar-refractivity contribution in [2.45, 2.75) is 39.6 Å². The lowest BCUT2D eigenvalue weighted by Gasteiger charge is -2.33. The molecule has 0 spiro atoms. The van der Waals surface area contributed by atoms with Crippen LogP contribution in [-0.4, -0.2) is 26.4 Å². The van der Waals surface area contributed by atoms with Gasteiger partial charge in [0.05, 0.1) is 11.4 Å². The number of rotatable bonds is 3. The molecule has 0 bridgehead atoms. The summed E-state index contributed by atoms with van der Waals surface area (Å²) in [7, 11) is 1.78. The SMILES string of the molecule is Cc1c(/N=N/C2=C(O)OC(C)(C)OC2C)c(=O)n(-c2ccccc2)n1C. The summed E-state index contributed by atoms with van der Waals surface area (Å²) in [4.78, 5) is 12.8. The molecular weight excluding hydrogens is 336 g/mol. The van der Waals surface area contributed by atoms with Gasteiger partial charge in [0.25, 0.3) is 5.56 Å². The lowest BCUT2D eigenvalue weighted by molar-refractivity contribution is -0.244. The number of ether oxygens (including phenoxy) is 2. The van der Waals surface area contributed by atoms with Gasteiger partial charge in [-0.1, -0.05) is 18.2 Å². The Balaban J connectivity index is 2.02. The van der Waals surface area contributed by atoms with Crippen molar-refractivity contribution in [2.24, 2.45) is 17.3 Å². The molecule has 1 aromatic carbocycles. The number of aromatic nitrogens is 2. The first-order chi connectivity index (χ1) is 12.2. The maximum absolute atomic E-state index is 12.8. The Morgan fingerprint density at radius 3 is 2.46 bits per heavy atom. The maximum atomic E-state index is 12.8. The van der Waals surface area contributed by atoms with Gasteiger partial charge in [0.2, 0.25) is 5.79 Å². The average Bonchev–Trinajstić information content (AvgIpc) is 2.77. The standard InChI is InChI=1S/C18H22N4O4/c1-11-14(16(23)22(21(11)5)13-9-7-6-8-10-13)19-20-15-12(2)25-18(3,4)26-17(15)24/h6-10,12,24H,1-5H3/b20-19+. The third kappa shape index (κ3) is 3.15. The van der Waals surface area contributed by atoms with Gasteiger partial charge in [-0.15, -0.1) is 10.2 Å². The van der Waals surface area contributed by atoms with Crippen LogP contribution in [0.5, 0.6) is 0 Å². The fraction of sp³-hybridized carbons (Fsp3) is 0.389. The summed E-state index contributed by atoms with van der Waals surface area (Å²) in [5, 5.41) is 18.2. The number of nitrogens with zero attached hydrogens (tertiary/aromatic N) is 4. The Morgan fingerprint density at radius 1 is 1.19 bits per heavy atom. The summed E-state index contributed by atoms with van der Waals surface area (Å²) >= 11 is 0. The number of hydrogen-bond donors (Lipinski definition) is 1. The molecule has 1 aromatic heterocycles. The average molecular weight is 358 g/mol. The van der Waals surface area contributed by atoms with E-state index in [2.05, 4.69) is 10.2 Å². The van der Waals surface area contributed by atoms with Crippen molar-refractivity contribution in [3.8, 4) is 5.69 Å². The van der Waals surface area contributed by atoms with Gasteiger partial charge in [-0.3, -0.25) is 9.48 Å². The van der Waals surface area contributed by atoms with E-state index < -0.39 is 11.9 Å². The maximum Gasteiger partial charge on any atom is 0.306 e. The first-order valence-electron chi connectivity index (χ1n) is 8.27. The van der Waals surface area contributed by atoms with Gasteiger partial charge in [-0.25, -0.2) is 4.68 Å². The second-order valence-electron chi connectivity index (χ2n) is 6.56. The van der Waals surface area contributed by atoms with Gasteiger partial charge in [-0.05, 0) is 26.0 Å². The predicted octanol–water partition coefficient (Wildman–Crippen LogP) is 3.47. The van der Waals surface area contributed by atoms with Crippen LogP contribution in [0.25, 0.3) is 5.69 Å². The molecule has 2 aromatic rings. The highest BCUT2D eigenvalue weighted by molar-refractivity contribution is 5.43. The zero-order valence-corrected chi connectivity index (χ0v) is 15.4. The number of benzene rings is 1. The summed E-state index contributed by atoms with van der Waals surface area (Å²) in [5.41, 5.74) is 1.40. The number of hydrogen-bond acceptors (Lipinski definition) is 6. The van der Waals surface area contributed by atoms with Crippen LogP contribution in [0.1, 0.15) is 26.5 Å². The second kappa shape index (κ2) is 6.45. The molecule has 0 amide bonds. The van der Waals surface area contributed by atoms with E-state index in [1.807, 2.05) is 30.3 Å². The van der Waals surface area contributed by atoms with Crippen molar-refractivity contribution < 1.29 is 14.6 Å². The fourth-order valence-corrected chi connectivity index (χ4v) is 2.86. The number of aliphatic hydroxyl groups is 1. The highest BCUT2D eigenvalue weighted by atomic mass is 16.7. The summed E-state index contributed by atoms with van der Waals surface area (Å²) in [5.74, 6) is -1.31. The largest absolute Gasteiger partial charge is 0.479 e. The van der Waals surface area contributed by atoms with Crippen molar-refractivity contribution >= 4 is 5.69 Å². The third-order valence-corrected chi connectivity index (χ3v) is 4.19. The van der Waals surface area contributed by atoms with Crippen LogP contribution in [0.15, 0.2) is 57.0 Å². The summed E-state index contributed by atoms with van der Waals surface area (Å²) < 4.78 is 14.1. The van der Waals surface area contributed by atoms with Crippen LogP contribution in [0, 0.1) is 6.92 Å². The van der Waals surface area contributed by atoms with Crippen molar-refractivity contribution in [3.05, 3.63) is 58.0 Å². The zero-order valence-electron chi connectivity index (χ0n) is 15.4. The van der Waals surface area contributed by atoms with E-state index in [4.69, 9.17) is 9.47 Å². The summed E-state index contributed by atoms with van der Waals surface area (Å²) in [6.07, 6.45) is -0.525. The molecule has 0 fully saturated rings. The topological polar surface area (TPSA) is 90.3 Å². The van der Waals surface area contributed by atoms with Crippen molar-refractivity contribution in [1.82, 2.24) is 9.36 Å². The van der Waals surface area contributed by atoms with Crippen LogP contribution in [0.4, 0.5) is 5.69 Å². The summed E-state index contributed by atoms with van der Waals surface area (Å²) in [6.45, 7) is 6.89. The summed E-state index contributed by atoms with van der Waals surface area (Å²) in [6, 6.07) is 9.26. The normalized spacial score (nSPS) is 19.8. The molecule has 138 valence electrons. The highest BCUT2D eigenvalue weighted by Crippen LogP contribution is 2.30. The van der Waals surface area contributed by atoms with Gasteiger partial charge < -0.3 is 14.6 Å². The second-order valence-corrected chi connectivity index (χ2v) is 6.56. The number of aliphatic hydroxyl groups excluding tert-OH is 1. The molecule has 0 saturated carbocycles. The van der Waals surface area contributed by atoms with Gasteiger partial charge in [-0.2, -0.15) is 0 Å². The van der Waals surface area contributed by atoms with Gasteiger partial charge >= 0.3 is 5.95 Å². The smallest absolute Gasteiger partial charge is 0.306 e. The minimum atomic E-state index is -0.953. The fourth-order valence-electron chi connectivity index (χ4n) is 2.86. The van der Waals surface area contributed by atoms with E-state index in [9.17, 15) is 9.90 Å². The molecule has 8 nitrogen and oxygen atoms in total. The van der Waals surface area contributed by atoms with Crippen molar-refractivity contribution in [1.29, 1.82) is 0 Å².